The molecule has 1 rings (SSSR count). The van der Waals surface area contributed by atoms with Crippen LogP contribution in [-0.4, -0.2) is 11.1 Å². The van der Waals surface area contributed by atoms with Gasteiger partial charge in [0.05, 0.1) is 5.41 Å². The molecule has 0 aromatic heterocycles. The van der Waals surface area contributed by atoms with Crippen LogP contribution in [0.25, 0.3) is 0 Å². The van der Waals surface area contributed by atoms with Crippen LogP contribution < -0.4 is 0 Å². The highest BCUT2D eigenvalue weighted by molar-refractivity contribution is 5.74. The van der Waals surface area contributed by atoms with Gasteiger partial charge in [0, 0.05) is 0 Å². The van der Waals surface area contributed by atoms with Crippen molar-refractivity contribution in [2.45, 2.75) is 33.1 Å². The van der Waals surface area contributed by atoms with Crippen LogP contribution in [0.3, 0.4) is 0 Å². The van der Waals surface area contributed by atoms with Gasteiger partial charge in [-0.3, -0.25) is 4.79 Å². The van der Waals surface area contributed by atoms with E-state index in [1.165, 1.54) is 0 Å². The summed E-state index contributed by atoms with van der Waals surface area (Å²) in [6.45, 7) is 3.85. The minimum absolute atomic E-state index is 0.608. The third-order valence-corrected chi connectivity index (χ3v) is 2.76. The van der Waals surface area contributed by atoms with E-state index in [1.807, 2.05) is 44.2 Å². The maximum Gasteiger partial charge on any atom is 0.309 e. The van der Waals surface area contributed by atoms with Crippen LogP contribution in [0, 0.1) is 5.41 Å². The van der Waals surface area contributed by atoms with Crippen molar-refractivity contribution in [1.29, 1.82) is 0 Å². The lowest BCUT2D eigenvalue weighted by atomic mass is 9.80. The molecule has 0 aliphatic heterocycles. The third-order valence-electron chi connectivity index (χ3n) is 2.76. The Morgan fingerprint density at radius 1 is 1.33 bits per heavy atom. The lowest BCUT2D eigenvalue weighted by molar-refractivity contribution is -0.148. The van der Waals surface area contributed by atoms with Gasteiger partial charge in [-0.15, -0.1) is 0 Å². The Bertz CT molecular complexity index is 319. The first-order valence-corrected chi connectivity index (χ1v) is 5.36. The minimum atomic E-state index is -0.701. The van der Waals surface area contributed by atoms with Gasteiger partial charge in [0.25, 0.3) is 0 Å². The average Bonchev–Trinajstić information content (AvgIpc) is 2.19. The Balaban J connectivity index is 2.80. The number of hydrogen-bond donors (Lipinski definition) is 1. The zero-order valence-corrected chi connectivity index (χ0v) is 9.36. The van der Waals surface area contributed by atoms with Crippen LogP contribution >= 0.6 is 0 Å². The highest BCUT2D eigenvalue weighted by atomic mass is 16.4. The van der Waals surface area contributed by atoms with Gasteiger partial charge in [-0.05, 0) is 25.3 Å². The molecule has 0 amide bonds. The summed E-state index contributed by atoms with van der Waals surface area (Å²) < 4.78 is 0. The second-order valence-electron chi connectivity index (χ2n) is 4.28. The van der Waals surface area contributed by atoms with Gasteiger partial charge < -0.3 is 5.11 Å². The molecule has 1 aromatic rings. The Morgan fingerprint density at radius 2 is 1.93 bits per heavy atom. The molecule has 0 saturated heterocycles. The predicted molar refractivity (Wildman–Crippen MR) is 60.8 cm³/mol. The van der Waals surface area contributed by atoms with Gasteiger partial charge in [0.15, 0.2) is 0 Å². The maximum absolute atomic E-state index is 11.2. The molecule has 0 heterocycles. The molecule has 0 bridgehead atoms. The molecule has 0 spiro atoms. The van der Waals surface area contributed by atoms with Gasteiger partial charge in [-0.2, -0.15) is 0 Å². The van der Waals surface area contributed by atoms with E-state index < -0.39 is 11.4 Å². The Morgan fingerprint density at radius 3 is 2.40 bits per heavy atom. The van der Waals surface area contributed by atoms with Crippen LogP contribution in [0.4, 0.5) is 0 Å². The number of carboxylic acid groups (broad SMARTS) is 1. The van der Waals surface area contributed by atoms with Crippen LogP contribution in [-0.2, 0) is 11.2 Å². The fourth-order valence-electron chi connectivity index (χ4n) is 1.87. The van der Waals surface area contributed by atoms with Gasteiger partial charge in [-0.1, -0.05) is 43.7 Å². The second kappa shape index (κ2) is 4.96. The van der Waals surface area contributed by atoms with Crippen LogP contribution in [0.2, 0.25) is 0 Å². The molecular weight excluding hydrogens is 188 g/mol. The summed E-state index contributed by atoms with van der Waals surface area (Å²) in [5.41, 5.74) is 0.465. The van der Waals surface area contributed by atoms with E-state index >= 15 is 0 Å². The summed E-state index contributed by atoms with van der Waals surface area (Å²) >= 11 is 0. The maximum atomic E-state index is 11.2. The van der Waals surface area contributed by atoms with Crippen LogP contribution in [0.15, 0.2) is 30.3 Å². The van der Waals surface area contributed by atoms with Gasteiger partial charge in [0.2, 0.25) is 0 Å². The lowest BCUT2D eigenvalue weighted by Gasteiger charge is -2.24. The summed E-state index contributed by atoms with van der Waals surface area (Å²) in [5, 5.41) is 9.22. The van der Waals surface area contributed by atoms with E-state index in [0.717, 1.165) is 18.4 Å². The third kappa shape index (κ3) is 3.08. The van der Waals surface area contributed by atoms with Crippen LogP contribution in [0.1, 0.15) is 32.3 Å². The summed E-state index contributed by atoms with van der Waals surface area (Å²) in [7, 11) is 0. The summed E-state index contributed by atoms with van der Waals surface area (Å²) in [6, 6.07) is 9.81. The molecular formula is C13H18O2. The molecule has 1 unspecified atom stereocenters. The van der Waals surface area contributed by atoms with Crippen molar-refractivity contribution < 1.29 is 9.90 Å². The number of benzene rings is 1. The van der Waals surface area contributed by atoms with Gasteiger partial charge in [0.1, 0.15) is 0 Å². The topological polar surface area (TPSA) is 37.3 Å². The van der Waals surface area contributed by atoms with Crippen molar-refractivity contribution in [2.75, 3.05) is 0 Å². The van der Waals surface area contributed by atoms with Gasteiger partial charge >= 0.3 is 5.97 Å². The first-order chi connectivity index (χ1) is 7.08. The van der Waals surface area contributed by atoms with Crippen molar-refractivity contribution in [3.8, 4) is 0 Å². The molecule has 82 valence electrons. The van der Waals surface area contributed by atoms with Crippen LogP contribution in [0.5, 0.6) is 0 Å². The van der Waals surface area contributed by atoms with E-state index in [2.05, 4.69) is 0 Å². The molecule has 2 heteroatoms. The predicted octanol–water partition coefficient (Wildman–Crippen LogP) is 3.12. The van der Waals surface area contributed by atoms with E-state index in [-0.39, 0.29) is 0 Å². The quantitative estimate of drug-likeness (QED) is 0.803. The second-order valence-corrected chi connectivity index (χ2v) is 4.28. The standard InChI is InChI=1S/C13H18O2/c1-3-9-13(2,12(14)15)10-11-7-5-4-6-8-11/h4-8H,3,9-10H2,1-2H3,(H,14,15). The monoisotopic (exact) mass is 206 g/mol. The fraction of sp³-hybridized carbons (Fsp3) is 0.462. The molecule has 1 aromatic carbocycles. The molecule has 0 aliphatic rings. The number of carboxylic acids is 1. The zero-order chi connectivity index (χ0) is 11.3. The normalized spacial score (nSPS) is 14.5. The first-order valence-electron chi connectivity index (χ1n) is 5.36. The SMILES string of the molecule is CCCC(C)(Cc1ccccc1)C(=O)O. The van der Waals surface area contributed by atoms with Crippen molar-refractivity contribution >= 4 is 5.97 Å². The highest BCUT2D eigenvalue weighted by Crippen LogP contribution is 2.28. The molecule has 1 N–H and O–H groups in total. The van der Waals surface area contributed by atoms with Crippen molar-refractivity contribution in [3.05, 3.63) is 35.9 Å². The number of hydrogen-bond acceptors (Lipinski definition) is 1. The highest BCUT2D eigenvalue weighted by Gasteiger charge is 2.31. The lowest BCUT2D eigenvalue weighted by Crippen LogP contribution is -2.29. The Kier molecular flexibility index (Phi) is 3.89. The van der Waals surface area contributed by atoms with Gasteiger partial charge in [-0.25, -0.2) is 0 Å². The molecule has 0 fully saturated rings. The Hall–Kier alpha value is -1.31. The first kappa shape index (κ1) is 11.8. The van der Waals surface area contributed by atoms with Crippen molar-refractivity contribution in [1.82, 2.24) is 0 Å². The molecule has 0 radical (unpaired) electrons. The van der Waals surface area contributed by atoms with Crippen molar-refractivity contribution in [3.63, 3.8) is 0 Å². The smallest absolute Gasteiger partial charge is 0.309 e. The molecule has 2 nitrogen and oxygen atoms in total. The van der Waals surface area contributed by atoms with Crippen molar-refractivity contribution in [2.24, 2.45) is 5.41 Å². The zero-order valence-electron chi connectivity index (χ0n) is 9.36. The molecule has 15 heavy (non-hydrogen) atoms. The largest absolute Gasteiger partial charge is 0.481 e. The van der Waals surface area contributed by atoms with E-state index in [1.54, 1.807) is 0 Å². The van der Waals surface area contributed by atoms with E-state index in [4.69, 9.17) is 0 Å². The summed E-state index contributed by atoms with van der Waals surface area (Å²) in [5.74, 6) is -0.701. The summed E-state index contributed by atoms with van der Waals surface area (Å²) in [4.78, 5) is 11.2. The number of rotatable bonds is 5. The molecule has 0 saturated carbocycles. The molecule has 1 atom stereocenters. The number of carbonyl (C=O) groups is 1. The minimum Gasteiger partial charge on any atom is -0.481 e. The average molecular weight is 206 g/mol. The molecule has 0 aliphatic carbocycles. The summed E-state index contributed by atoms with van der Waals surface area (Å²) in [6.07, 6.45) is 2.23. The Labute approximate surface area is 90.9 Å². The van der Waals surface area contributed by atoms with E-state index in [0.29, 0.717) is 6.42 Å². The van der Waals surface area contributed by atoms with E-state index in [9.17, 15) is 9.90 Å². The fourth-order valence-corrected chi connectivity index (χ4v) is 1.87. The number of aliphatic carboxylic acids is 1.